The van der Waals surface area contributed by atoms with E-state index in [4.69, 9.17) is 4.74 Å². The number of fused-ring (bicyclic) bond motifs is 1. The summed E-state index contributed by atoms with van der Waals surface area (Å²) in [5.74, 6) is -0.354. The number of ether oxygens (including phenoxy) is 1. The average Bonchev–Trinajstić information content (AvgIpc) is 2.79. The van der Waals surface area contributed by atoms with Gasteiger partial charge in [0.05, 0.1) is 24.0 Å². The van der Waals surface area contributed by atoms with Gasteiger partial charge in [0.25, 0.3) is 0 Å². The van der Waals surface area contributed by atoms with Gasteiger partial charge in [-0.05, 0) is 25.0 Å². The lowest BCUT2D eigenvalue weighted by atomic mass is 10.0. The van der Waals surface area contributed by atoms with E-state index in [2.05, 4.69) is 6.92 Å². The number of hydrogen-bond donors (Lipinski definition) is 0. The van der Waals surface area contributed by atoms with Crippen LogP contribution in [0.25, 0.3) is 0 Å². The molecule has 2 rings (SSSR count). The molecule has 1 heterocycles. The molecule has 0 aliphatic carbocycles. The summed E-state index contributed by atoms with van der Waals surface area (Å²) in [4.78, 5) is 12.3. The van der Waals surface area contributed by atoms with E-state index in [9.17, 15) is 13.2 Å². The number of rotatable bonds is 10. The summed E-state index contributed by atoms with van der Waals surface area (Å²) >= 11 is 0. The molecule has 1 aromatic carbocycles. The second-order valence-corrected chi connectivity index (χ2v) is 8.31. The molecule has 0 aromatic heterocycles. The van der Waals surface area contributed by atoms with E-state index in [0.717, 1.165) is 19.3 Å². The lowest BCUT2D eigenvalue weighted by Crippen LogP contribution is -2.31. The first-order valence-electron chi connectivity index (χ1n) is 9.28. The summed E-state index contributed by atoms with van der Waals surface area (Å²) < 4.78 is 32.3. The van der Waals surface area contributed by atoms with Crippen LogP contribution in [0, 0.1) is 0 Å². The molecule has 25 heavy (non-hydrogen) atoms. The third-order valence-electron chi connectivity index (χ3n) is 4.61. The first-order valence-corrected chi connectivity index (χ1v) is 10.7. The largest absolute Gasteiger partial charge is 0.466 e. The van der Waals surface area contributed by atoms with Gasteiger partial charge >= 0.3 is 5.97 Å². The van der Waals surface area contributed by atoms with Crippen LogP contribution in [0.5, 0.6) is 0 Å². The van der Waals surface area contributed by atoms with Crippen LogP contribution in [0.3, 0.4) is 0 Å². The van der Waals surface area contributed by atoms with Gasteiger partial charge in [0.15, 0.2) is 0 Å². The van der Waals surface area contributed by atoms with Crippen molar-refractivity contribution in [1.29, 1.82) is 0 Å². The Morgan fingerprint density at radius 1 is 1.08 bits per heavy atom. The van der Waals surface area contributed by atoms with Crippen molar-refractivity contribution in [3.05, 3.63) is 29.8 Å². The molecule has 0 fully saturated rings. The van der Waals surface area contributed by atoms with Crippen LogP contribution < -0.4 is 0 Å². The van der Waals surface area contributed by atoms with Gasteiger partial charge in [-0.2, -0.15) is 4.31 Å². The van der Waals surface area contributed by atoms with Crippen LogP contribution in [0.2, 0.25) is 0 Å². The predicted molar refractivity (Wildman–Crippen MR) is 97.7 cm³/mol. The Hall–Kier alpha value is -1.40. The summed E-state index contributed by atoms with van der Waals surface area (Å²) in [5.41, 5.74) is 0.710. The number of benzene rings is 1. The summed E-state index contributed by atoms with van der Waals surface area (Å²) in [5, 5.41) is 0. The molecular formula is C19H29NO4S. The standard InChI is InChI=1S/C19H29NO4S/c1-3-5-6-7-8-11-14-20-17(15-19(21)24-4-2)16-12-9-10-13-18(16)25(20,22)23/h9-10,12-13,17H,3-8,11,14-15H2,1-2H3/t17-/m0/s1. The fourth-order valence-corrected chi connectivity index (χ4v) is 5.25. The highest BCUT2D eigenvalue weighted by molar-refractivity contribution is 7.89. The van der Waals surface area contributed by atoms with Crippen molar-refractivity contribution in [2.24, 2.45) is 0 Å². The van der Waals surface area contributed by atoms with E-state index in [0.29, 0.717) is 23.6 Å². The van der Waals surface area contributed by atoms with E-state index >= 15 is 0 Å². The first-order chi connectivity index (χ1) is 12.0. The number of carbonyl (C=O) groups excluding carboxylic acids is 1. The van der Waals surface area contributed by atoms with Crippen molar-refractivity contribution in [1.82, 2.24) is 4.31 Å². The maximum atomic E-state index is 12.9. The molecule has 0 N–H and O–H groups in total. The number of carbonyl (C=O) groups is 1. The molecule has 1 aromatic rings. The fourth-order valence-electron chi connectivity index (χ4n) is 3.35. The lowest BCUT2D eigenvalue weighted by Gasteiger charge is -2.23. The number of unbranched alkanes of at least 4 members (excludes halogenated alkanes) is 5. The molecule has 0 saturated carbocycles. The Morgan fingerprint density at radius 2 is 1.76 bits per heavy atom. The Balaban J connectivity index is 2.10. The molecule has 1 atom stereocenters. The van der Waals surface area contributed by atoms with Gasteiger partial charge in [-0.1, -0.05) is 57.2 Å². The second kappa shape index (κ2) is 9.34. The van der Waals surface area contributed by atoms with Gasteiger partial charge in [0, 0.05) is 6.54 Å². The minimum Gasteiger partial charge on any atom is -0.466 e. The van der Waals surface area contributed by atoms with Crippen LogP contribution in [-0.4, -0.2) is 31.8 Å². The van der Waals surface area contributed by atoms with E-state index in [-0.39, 0.29) is 12.4 Å². The van der Waals surface area contributed by atoms with E-state index < -0.39 is 16.1 Å². The lowest BCUT2D eigenvalue weighted by molar-refractivity contribution is -0.144. The Bertz CT molecular complexity index is 672. The van der Waals surface area contributed by atoms with E-state index in [1.54, 1.807) is 25.1 Å². The smallest absolute Gasteiger partial charge is 0.307 e. The summed E-state index contributed by atoms with van der Waals surface area (Å²) in [6, 6.07) is 6.53. The minimum absolute atomic E-state index is 0.0694. The normalized spacial score (nSPS) is 18.9. The first kappa shape index (κ1) is 19.9. The van der Waals surface area contributed by atoms with Crippen molar-refractivity contribution < 1.29 is 17.9 Å². The zero-order valence-electron chi connectivity index (χ0n) is 15.2. The van der Waals surface area contributed by atoms with Gasteiger partial charge in [-0.15, -0.1) is 0 Å². The maximum Gasteiger partial charge on any atom is 0.307 e. The molecule has 0 spiro atoms. The maximum absolute atomic E-state index is 12.9. The van der Waals surface area contributed by atoms with Crippen LogP contribution in [0.15, 0.2) is 29.2 Å². The number of hydrogen-bond acceptors (Lipinski definition) is 4. The van der Waals surface area contributed by atoms with Crippen LogP contribution in [0.1, 0.15) is 70.4 Å². The van der Waals surface area contributed by atoms with Crippen LogP contribution in [-0.2, 0) is 19.6 Å². The molecular weight excluding hydrogens is 338 g/mol. The van der Waals surface area contributed by atoms with Crippen LogP contribution in [0.4, 0.5) is 0 Å². The van der Waals surface area contributed by atoms with E-state index in [1.165, 1.54) is 23.6 Å². The summed E-state index contributed by atoms with van der Waals surface area (Å²) in [7, 11) is -3.53. The highest BCUT2D eigenvalue weighted by Crippen LogP contribution is 2.41. The molecule has 5 nitrogen and oxygen atoms in total. The van der Waals surface area contributed by atoms with Crippen molar-refractivity contribution in [2.75, 3.05) is 13.2 Å². The number of sulfonamides is 1. The monoisotopic (exact) mass is 367 g/mol. The summed E-state index contributed by atoms with van der Waals surface area (Å²) in [6.07, 6.45) is 6.62. The predicted octanol–water partition coefficient (Wildman–Crippen LogP) is 4.05. The fraction of sp³-hybridized carbons (Fsp3) is 0.632. The molecule has 1 aliphatic heterocycles. The van der Waals surface area contributed by atoms with Gasteiger partial charge in [-0.25, -0.2) is 8.42 Å². The molecule has 0 saturated heterocycles. The quantitative estimate of drug-likeness (QED) is 0.462. The zero-order valence-corrected chi connectivity index (χ0v) is 16.1. The zero-order chi connectivity index (χ0) is 18.3. The Kier molecular flexibility index (Phi) is 7.44. The highest BCUT2D eigenvalue weighted by atomic mass is 32.2. The minimum atomic E-state index is -3.53. The molecule has 1 aliphatic rings. The number of nitrogens with zero attached hydrogens (tertiary/aromatic N) is 1. The van der Waals surface area contributed by atoms with Crippen LogP contribution >= 0.6 is 0 Å². The highest BCUT2D eigenvalue weighted by Gasteiger charge is 2.42. The van der Waals surface area contributed by atoms with Crippen molar-refractivity contribution in [3.63, 3.8) is 0 Å². The third kappa shape index (κ3) is 4.82. The van der Waals surface area contributed by atoms with E-state index in [1.807, 2.05) is 6.07 Å². The average molecular weight is 368 g/mol. The molecule has 0 amide bonds. The third-order valence-corrected chi connectivity index (χ3v) is 6.59. The van der Waals surface area contributed by atoms with Gasteiger partial charge in [0.1, 0.15) is 0 Å². The summed E-state index contributed by atoms with van der Waals surface area (Å²) in [6.45, 7) is 4.68. The van der Waals surface area contributed by atoms with Gasteiger partial charge in [-0.3, -0.25) is 4.79 Å². The SMILES string of the molecule is CCCCCCCCN1[C@@H](CC(=O)OCC)c2ccccc2S1(=O)=O. The molecule has 0 radical (unpaired) electrons. The molecule has 0 bridgehead atoms. The topological polar surface area (TPSA) is 63.7 Å². The van der Waals surface area contributed by atoms with Gasteiger partial charge in [0.2, 0.25) is 10.0 Å². The number of esters is 1. The van der Waals surface area contributed by atoms with Crippen molar-refractivity contribution >= 4 is 16.0 Å². The molecule has 0 unspecified atom stereocenters. The van der Waals surface area contributed by atoms with Gasteiger partial charge < -0.3 is 4.74 Å². The van der Waals surface area contributed by atoms with Crippen molar-refractivity contribution in [3.8, 4) is 0 Å². The Morgan fingerprint density at radius 3 is 2.48 bits per heavy atom. The Labute approximate surface area is 151 Å². The molecule has 6 heteroatoms. The molecule has 140 valence electrons. The van der Waals surface area contributed by atoms with Crippen molar-refractivity contribution in [2.45, 2.75) is 69.7 Å². The second-order valence-electron chi connectivity index (χ2n) is 6.45.